The third kappa shape index (κ3) is 6.34. The first-order chi connectivity index (χ1) is 13.6. The number of nitrogens with one attached hydrogen (secondary N) is 2. The monoisotopic (exact) mass is 398 g/mol. The van der Waals surface area contributed by atoms with Crippen molar-refractivity contribution in [1.82, 2.24) is 15.3 Å². The fourth-order valence-electron chi connectivity index (χ4n) is 3.29. The lowest BCUT2D eigenvalue weighted by Crippen LogP contribution is -2.27. The van der Waals surface area contributed by atoms with E-state index in [1.54, 1.807) is 6.07 Å². The van der Waals surface area contributed by atoms with Gasteiger partial charge in [0.1, 0.15) is 5.69 Å². The van der Waals surface area contributed by atoms with E-state index in [1.807, 2.05) is 31.2 Å². The van der Waals surface area contributed by atoms with Gasteiger partial charge >= 0.3 is 0 Å². The average molecular weight is 399 g/mol. The van der Waals surface area contributed by atoms with Gasteiger partial charge in [-0.15, -0.1) is 0 Å². The van der Waals surface area contributed by atoms with Crippen molar-refractivity contribution in [3.63, 3.8) is 0 Å². The van der Waals surface area contributed by atoms with Crippen molar-refractivity contribution in [3.05, 3.63) is 64.0 Å². The maximum absolute atomic E-state index is 12.5. The minimum atomic E-state index is -0.183. The largest absolute Gasteiger partial charge is 0.354 e. The number of halogens is 1. The van der Waals surface area contributed by atoms with Gasteiger partial charge in [-0.1, -0.05) is 35.4 Å². The number of hydrogen-bond acceptors (Lipinski definition) is 4. The van der Waals surface area contributed by atoms with Gasteiger partial charge in [-0.05, 0) is 69.2 Å². The smallest absolute Gasteiger partial charge is 0.270 e. The minimum Gasteiger partial charge on any atom is -0.354 e. The summed E-state index contributed by atoms with van der Waals surface area (Å²) in [6, 6.07) is 9.36. The van der Waals surface area contributed by atoms with Crippen LogP contribution in [-0.4, -0.2) is 29.0 Å². The van der Waals surface area contributed by atoms with Gasteiger partial charge in [0.25, 0.3) is 5.91 Å². The molecule has 0 spiro atoms. The van der Waals surface area contributed by atoms with E-state index in [0.717, 1.165) is 30.6 Å². The van der Waals surface area contributed by atoms with Gasteiger partial charge in [0.15, 0.2) is 0 Å². The third-order valence-corrected chi connectivity index (χ3v) is 5.07. The van der Waals surface area contributed by atoms with Crippen LogP contribution in [0, 0.1) is 6.92 Å². The van der Waals surface area contributed by atoms with E-state index in [4.69, 9.17) is 11.6 Å². The summed E-state index contributed by atoms with van der Waals surface area (Å²) in [4.78, 5) is 21.2. The number of nitrogens with zero attached hydrogens (tertiary/aromatic N) is 2. The zero-order chi connectivity index (χ0) is 19.8. The highest BCUT2D eigenvalue weighted by molar-refractivity contribution is 6.30. The van der Waals surface area contributed by atoms with Crippen molar-refractivity contribution in [2.45, 2.75) is 45.4 Å². The summed E-state index contributed by atoms with van der Waals surface area (Å²) in [5.41, 5.74) is 3.80. The van der Waals surface area contributed by atoms with Gasteiger partial charge in [-0.3, -0.25) is 4.79 Å². The lowest BCUT2D eigenvalue weighted by Gasteiger charge is -2.13. The molecule has 1 aliphatic carbocycles. The molecule has 1 aromatic heterocycles. The maximum Gasteiger partial charge on any atom is 0.270 e. The SMILES string of the molecule is Cc1cc(C(=O)NCCc2ccc(Cl)cc2)nc(NCCC2=CCCCC2)n1. The number of anilines is 1. The number of hydrogen-bond donors (Lipinski definition) is 2. The summed E-state index contributed by atoms with van der Waals surface area (Å²) in [5, 5.41) is 6.90. The van der Waals surface area contributed by atoms with Crippen molar-refractivity contribution in [3.8, 4) is 0 Å². The van der Waals surface area contributed by atoms with E-state index in [1.165, 1.54) is 31.3 Å². The molecule has 0 radical (unpaired) electrons. The van der Waals surface area contributed by atoms with Crippen LogP contribution >= 0.6 is 11.6 Å². The van der Waals surface area contributed by atoms with Crippen LogP contribution in [0.4, 0.5) is 5.95 Å². The molecule has 0 atom stereocenters. The predicted octanol–water partition coefficient (Wildman–Crippen LogP) is 4.71. The van der Waals surface area contributed by atoms with Crippen molar-refractivity contribution < 1.29 is 4.79 Å². The molecule has 5 nitrogen and oxygen atoms in total. The number of carbonyl (C=O) groups excluding carboxylic acids is 1. The Morgan fingerprint density at radius 3 is 2.68 bits per heavy atom. The van der Waals surface area contributed by atoms with Gasteiger partial charge in [0.2, 0.25) is 5.95 Å². The van der Waals surface area contributed by atoms with Crippen LogP contribution in [0.15, 0.2) is 42.0 Å². The van der Waals surface area contributed by atoms with Crippen LogP contribution in [-0.2, 0) is 6.42 Å². The highest BCUT2D eigenvalue weighted by Crippen LogP contribution is 2.20. The van der Waals surface area contributed by atoms with Crippen molar-refractivity contribution in [1.29, 1.82) is 0 Å². The second-order valence-corrected chi connectivity index (χ2v) is 7.57. The van der Waals surface area contributed by atoms with E-state index < -0.39 is 0 Å². The summed E-state index contributed by atoms with van der Waals surface area (Å²) < 4.78 is 0. The second-order valence-electron chi connectivity index (χ2n) is 7.14. The van der Waals surface area contributed by atoms with Crippen LogP contribution in [0.25, 0.3) is 0 Å². The molecule has 1 aromatic carbocycles. The molecule has 1 heterocycles. The number of benzene rings is 1. The highest BCUT2D eigenvalue weighted by atomic mass is 35.5. The van der Waals surface area contributed by atoms with Gasteiger partial charge in [0, 0.05) is 23.8 Å². The summed E-state index contributed by atoms with van der Waals surface area (Å²) in [6.45, 7) is 3.20. The number of aromatic nitrogens is 2. The van der Waals surface area contributed by atoms with E-state index in [0.29, 0.717) is 23.2 Å². The molecule has 0 unspecified atom stereocenters. The molecule has 2 N–H and O–H groups in total. The summed E-state index contributed by atoms with van der Waals surface area (Å²) in [7, 11) is 0. The normalized spacial score (nSPS) is 13.7. The Bertz CT molecular complexity index is 833. The maximum atomic E-state index is 12.5. The molecule has 0 aliphatic heterocycles. The summed E-state index contributed by atoms with van der Waals surface area (Å²) in [5.74, 6) is 0.330. The Hall–Kier alpha value is -2.40. The fourth-order valence-corrected chi connectivity index (χ4v) is 3.42. The standard InChI is InChI=1S/C22H27ClN4O/c1-16-15-20(21(28)24-13-11-18-7-9-19(23)10-8-18)27-22(26-16)25-14-12-17-5-3-2-4-6-17/h5,7-10,15H,2-4,6,11-14H2,1H3,(H,24,28)(H,25,26,27). The van der Waals surface area contributed by atoms with Gasteiger partial charge in [0.05, 0.1) is 0 Å². The molecule has 148 valence electrons. The number of aryl methyl sites for hydroxylation is 1. The molecule has 2 aromatic rings. The Kier molecular flexibility index (Phi) is 7.43. The molecule has 0 saturated heterocycles. The number of carbonyl (C=O) groups is 1. The fraction of sp³-hybridized carbons (Fsp3) is 0.409. The van der Waals surface area contributed by atoms with E-state index in [2.05, 4.69) is 26.7 Å². The molecule has 0 saturated carbocycles. The summed E-state index contributed by atoms with van der Waals surface area (Å²) >= 11 is 5.89. The van der Waals surface area contributed by atoms with Crippen LogP contribution in [0.5, 0.6) is 0 Å². The predicted molar refractivity (Wildman–Crippen MR) is 114 cm³/mol. The average Bonchev–Trinajstić information content (AvgIpc) is 2.70. The van der Waals surface area contributed by atoms with Crippen molar-refractivity contribution in [2.75, 3.05) is 18.4 Å². The van der Waals surface area contributed by atoms with Crippen molar-refractivity contribution in [2.24, 2.45) is 0 Å². The van der Waals surface area contributed by atoms with Crippen LogP contribution in [0.3, 0.4) is 0 Å². The van der Waals surface area contributed by atoms with E-state index >= 15 is 0 Å². The quantitative estimate of drug-likeness (QED) is 0.632. The van der Waals surface area contributed by atoms with E-state index in [-0.39, 0.29) is 5.91 Å². The lowest BCUT2D eigenvalue weighted by molar-refractivity contribution is 0.0949. The van der Waals surface area contributed by atoms with Crippen LogP contribution < -0.4 is 10.6 Å². The Labute approximate surface area is 171 Å². The summed E-state index contributed by atoms with van der Waals surface area (Å²) in [6.07, 6.45) is 9.06. The zero-order valence-corrected chi connectivity index (χ0v) is 17.1. The molecular weight excluding hydrogens is 372 g/mol. The Balaban J connectivity index is 1.50. The molecule has 0 fully saturated rings. The number of allylic oxidation sites excluding steroid dienone is 1. The topological polar surface area (TPSA) is 66.9 Å². The molecule has 28 heavy (non-hydrogen) atoms. The third-order valence-electron chi connectivity index (χ3n) is 4.81. The number of rotatable bonds is 8. The highest BCUT2D eigenvalue weighted by Gasteiger charge is 2.11. The van der Waals surface area contributed by atoms with Gasteiger partial charge in [-0.25, -0.2) is 9.97 Å². The molecule has 1 amide bonds. The van der Waals surface area contributed by atoms with Gasteiger partial charge < -0.3 is 10.6 Å². The molecule has 0 bridgehead atoms. The van der Waals surface area contributed by atoms with Gasteiger partial charge in [-0.2, -0.15) is 0 Å². The Morgan fingerprint density at radius 2 is 1.93 bits per heavy atom. The molecule has 3 rings (SSSR count). The number of amides is 1. The molecule has 1 aliphatic rings. The van der Waals surface area contributed by atoms with Crippen molar-refractivity contribution >= 4 is 23.5 Å². The zero-order valence-electron chi connectivity index (χ0n) is 16.3. The van der Waals surface area contributed by atoms with E-state index in [9.17, 15) is 4.79 Å². The molecule has 6 heteroatoms. The first-order valence-corrected chi connectivity index (χ1v) is 10.3. The van der Waals surface area contributed by atoms with Crippen LogP contribution in [0.1, 0.15) is 53.8 Å². The minimum absolute atomic E-state index is 0.183. The molecular formula is C22H27ClN4O. The first kappa shape index (κ1) is 20.3. The first-order valence-electron chi connectivity index (χ1n) is 9.90. The second kappa shape index (κ2) is 10.2. The van der Waals surface area contributed by atoms with Crippen LogP contribution in [0.2, 0.25) is 5.02 Å². The lowest BCUT2D eigenvalue weighted by atomic mass is 9.97. The Morgan fingerprint density at radius 1 is 1.11 bits per heavy atom.